The lowest BCUT2D eigenvalue weighted by atomic mass is 10.1. The van der Waals surface area contributed by atoms with E-state index in [0.717, 1.165) is 5.56 Å². The highest BCUT2D eigenvalue weighted by atomic mass is 16.6. The highest BCUT2D eigenvalue weighted by molar-refractivity contribution is 5.41. The van der Waals surface area contributed by atoms with Crippen LogP contribution in [-0.4, -0.2) is 4.92 Å². The Balaban J connectivity index is 2.96. The van der Waals surface area contributed by atoms with Gasteiger partial charge in [-0.25, -0.2) is 0 Å². The highest BCUT2D eigenvalue weighted by Crippen LogP contribution is 2.18. The van der Waals surface area contributed by atoms with Gasteiger partial charge >= 0.3 is 0 Å². The van der Waals surface area contributed by atoms with E-state index in [2.05, 4.69) is 0 Å². The Labute approximate surface area is 83.2 Å². The van der Waals surface area contributed by atoms with Gasteiger partial charge in [0, 0.05) is 11.6 Å². The largest absolute Gasteiger partial charge is 0.272 e. The lowest BCUT2D eigenvalue weighted by molar-refractivity contribution is -0.385. The second-order valence-electron chi connectivity index (χ2n) is 3.37. The van der Waals surface area contributed by atoms with Crippen molar-refractivity contribution < 1.29 is 4.92 Å². The third-order valence-corrected chi connectivity index (χ3v) is 1.92. The van der Waals surface area contributed by atoms with Crippen LogP contribution in [0, 0.1) is 10.1 Å². The van der Waals surface area contributed by atoms with Gasteiger partial charge < -0.3 is 0 Å². The molecule has 0 fully saturated rings. The van der Waals surface area contributed by atoms with Crippen LogP contribution < -0.4 is 0 Å². The van der Waals surface area contributed by atoms with Crippen molar-refractivity contribution in [3.05, 3.63) is 51.6 Å². The fourth-order valence-corrected chi connectivity index (χ4v) is 1.18. The Kier molecular flexibility index (Phi) is 3.40. The van der Waals surface area contributed by atoms with E-state index in [1.807, 2.05) is 26.0 Å². The van der Waals surface area contributed by atoms with E-state index in [4.69, 9.17) is 0 Å². The Morgan fingerprint density at radius 1 is 1.43 bits per heavy atom. The van der Waals surface area contributed by atoms with Crippen LogP contribution in [0.1, 0.15) is 19.4 Å². The summed E-state index contributed by atoms with van der Waals surface area (Å²) in [6.45, 7) is 3.96. The zero-order chi connectivity index (χ0) is 10.6. The molecule has 0 bridgehead atoms. The van der Waals surface area contributed by atoms with E-state index < -0.39 is 0 Å². The number of para-hydroxylation sites is 1. The zero-order valence-electron chi connectivity index (χ0n) is 8.36. The third-order valence-electron chi connectivity index (χ3n) is 1.92. The molecule has 0 heterocycles. The van der Waals surface area contributed by atoms with Crippen molar-refractivity contribution in [3.8, 4) is 0 Å². The summed E-state index contributed by atoms with van der Waals surface area (Å²) in [5.41, 5.74) is 2.13. The molecule has 0 aliphatic heterocycles. The topological polar surface area (TPSA) is 43.1 Å². The van der Waals surface area contributed by atoms with E-state index in [9.17, 15) is 10.1 Å². The summed E-state index contributed by atoms with van der Waals surface area (Å²) < 4.78 is 0. The SMILES string of the molecule is CC(C)=CCc1ccccc1[N+](=O)[O-]. The van der Waals surface area contributed by atoms with Crippen LogP contribution >= 0.6 is 0 Å². The minimum atomic E-state index is -0.339. The molecule has 0 radical (unpaired) electrons. The summed E-state index contributed by atoms with van der Waals surface area (Å²) >= 11 is 0. The lowest BCUT2D eigenvalue weighted by Gasteiger charge is -1.99. The Bertz CT molecular complexity index is 365. The average Bonchev–Trinajstić information content (AvgIpc) is 2.15. The Morgan fingerprint density at radius 2 is 2.07 bits per heavy atom. The zero-order valence-corrected chi connectivity index (χ0v) is 8.36. The average molecular weight is 191 g/mol. The molecule has 1 aromatic carbocycles. The van der Waals surface area contributed by atoms with Gasteiger partial charge in [0.2, 0.25) is 0 Å². The van der Waals surface area contributed by atoms with Gasteiger partial charge in [0.25, 0.3) is 5.69 Å². The predicted molar refractivity (Wildman–Crippen MR) is 56.2 cm³/mol. The van der Waals surface area contributed by atoms with Crippen LogP contribution in [0.15, 0.2) is 35.9 Å². The van der Waals surface area contributed by atoms with E-state index in [-0.39, 0.29) is 10.6 Å². The fourth-order valence-electron chi connectivity index (χ4n) is 1.18. The minimum absolute atomic E-state index is 0.199. The monoisotopic (exact) mass is 191 g/mol. The second-order valence-corrected chi connectivity index (χ2v) is 3.37. The molecule has 0 aromatic heterocycles. The van der Waals surface area contributed by atoms with Crippen molar-refractivity contribution in [1.82, 2.24) is 0 Å². The van der Waals surface area contributed by atoms with Crippen molar-refractivity contribution in [2.45, 2.75) is 20.3 Å². The van der Waals surface area contributed by atoms with E-state index >= 15 is 0 Å². The van der Waals surface area contributed by atoms with E-state index in [1.54, 1.807) is 12.1 Å². The van der Waals surface area contributed by atoms with Crippen LogP contribution in [0.4, 0.5) is 5.69 Å². The number of allylic oxidation sites excluding steroid dienone is 2. The summed E-state index contributed by atoms with van der Waals surface area (Å²) in [7, 11) is 0. The number of benzene rings is 1. The second kappa shape index (κ2) is 4.56. The van der Waals surface area contributed by atoms with E-state index in [0.29, 0.717) is 6.42 Å². The standard InChI is InChI=1S/C11H13NO2/c1-9(2)7-8-10-5-3-4-6-11(10)12(13)14/h3-7H,8H2,1-2H3. The first kappa shape index (κ1) is 10.4. The lowest BCUT2D eigenvalue weighted by Crippen LogP contribution is -1.93. The molecule has 0 spiro atoms. The van der Waals surface area contributed by atoms with Gasteiger partial charge in [-0.05, 0) is 20.3 Å². The van der Waals surface area contributed by atoms with Crippen molar-refractivity contribution in [1.29, 1.82) is 0 Å². The molecular weight excluding hydrogens is 178 g/mol. The molecular formula is C11H13NO2. The molecule has 0 unspecified atom stereocenters. The summed E-state index contributed by atoms with van der Waals surface area (Å²) in [6, 6.07) is 6.83. The molecule has 74 valence electrons. The summed E-state index contributed by atoms with van der Waals surface area (Å²) in [6.07, 6.45) is 2.61. The van der Waals surface area contributed by atoms with Gasteiger partial charge in [0.1, 0.15) is 0 Å². The molecule has 3 heteroatoms. The molecule has 1 aromatic rings. The first-order valence-electron chi connectivity index (χ1n) is 4.47. The smallest absolute Gasteiger partial charge is 0.258 e. The Morgan fingerprint density at radius 3 is 2.64 bits per heavy atom. The molecule has 1 rings (SSSR count). The normalized spacial score (nSPS) is 9.57. The molecule has 3 nitrogen and oxygen atoms in total. The van der Waals surface area contributed by atoms with Gasteiger partial charge in [0.05, 0.1) is 4.92 Å². The van der Waals surface area contributed by atoms with Crippen molar-refractivity contribution in [2.24, 2.45) is 0 Å². The number of nitrogens with zero attached hydrogens (tertiary/aromatic N) is 1. The van der Waals surface area contributed by atoms with Crippen molar-refractivity contribution in [3.63, 3.8) is 0 Å². The van der Waals surface area contributed by atoms with Crippen LogP contribution in [0.5, 0.6) is 0 Å². The van der Waals surface area contributed by atoms with Gasteiger partial charge in [-0.2, -0.15) is 0 Å². The number of hydrogen-bond acceptors (Lipinski definition) is 2. The fraction of sp³-hybridized carbons (Fsp3) is 0.273. The van der Waals surface area contributed by atoms with Gasteiger partial charge in [-0.15, -0.1) is 0 Å². The van der Waals surface area contributed by atoms with Gasteiger partial charge in [-0.1, -0.05) is 29.8 Å². The number of nitro groups is 1. The van der Waals surface area contributed by atoms with Crippen LogP contribution in [0.3, 0.4) is 0 Å². The maximum Gasteiger partial charge on any atom is 0.272 e. The maximum atomic E-state index is 10.7. The van der Waals surface area contributed by atoms with Gasteiger partial charge in [-0.3, -0.25) is 10.1 Å². The molecule has 0 saturated heterocycles. The molecule has 14 heavy (non-hydrogen) atoms. The number of hydrogen-bond donors (Lipinski definition) is 0. The molecule has 0 N–H and O–H groups in total. The van der Waals surface area contributed by atoms with Crippen LogP contribution in [-0.2, 0) is 6.42 Å². The molecule has 0 aliphatic rings. The molecule has 0 saturated carbocycles. The van der Waals surface area contributed by atoms with Gasteiger partial charge in [0.15, 0.2) is 0 Å². The number of nitro benzene ring substituents is 1. The molecule has 0 amide bonds. The molecule has 0 aliphatic carbocycles. The third kappa shape index (κ3) is 2.69. The summed E-state index contributed by atoms with van der Waals surface area (Å²) in [5, 5.41) is 10.7. The number of rotatable bonds is 3. The van der Waals surface area contributed by atoms with Crippen molar-refractivity contribution >= 4 is 5.69 Å². The van der Waals surface area contributed by atoms with Crippen LogP contribution in [0.2, 0.25) is 0 Å². The maximum absolute atomic E-state index is 10.7. The first-order chi connectivity index (χ1) is 6.61. The summed E-state index contributed by atoms with van der Waals surface area (Å²) in [5.74, 6) is 0. The molecule has 0 atom stereocenters. The first-order valence-corrected chi connectivity index (χ1v) is 4.47. The van der Waals surface area contributed by atoms with E-state index in [1.165, 1.54) is 11.6 Å². The van der Waals surface area contributed by atoms with Crippen LogP contribution in [0.25, 0.3) is 0 Å². The van der Waals surface area contributed by atoms with Crippen molar-refractivity contribution in [2.75, 3.05) is 0 Å². The summed E-state index contributed by atoms with van der Waals surface area (Å²) in [4.78, 5) is 10.3. The highest BCUT2D eigenvalue weighted by Gasteiger charge is 2.10. The quantitative estimate of drug-likeness (QED) is 0.418. The predicted octanol–water partition coefficient (Wildman–Crippen LogP) is 3.10. The minimum Gasteiger partial charge on any atom is -0.258 e. The Hall–Kier alpha value is -1.64.